The van der Waals surface area contributed by atoms with Crippen LogP contribution < -0.4 is 0 Å². The number of rotatable bonds is 5. The Kier molecular flexibility index (Phi) is 5.69. The van der Waals surface area contributed by atoms with Crippen LogP contribution in [0.2, 0.25) is 0 Å². The third-order valence-electron chi connectivity index (χ3n) is 2.30. The Morgan fingerprint density at radius 3 is 2.44 bits per heavy atom. The van der Waals surface area contributed by atoms with Gasteiger partial charge in [-0.1, -0.05) is 0 Å². The maximum Gasteiger partial charge on any atom is 0.338 e. The number of carbonyl (C=O) groups is 2. The van der Waals surface area contributed by atoms with Crippen molar-refractivity contribution in [3.63, 3.8) is 0 Å². The minimum atomic E-state index is -0.614. The van der Waals surface area contributed by atoms with Gasteiger partial charge in [-0.3, -0.25) is 4.79 Å². The van der Waals surface area contributed by atoms with E-state index in [0.29, 0.717) is 17.7 Å². The first-order valence-electron chi connectivity index (χ1n) is 5.54. The second kappa shape index (κ2) is 6.81. The zero-order chi connectivity index (χ0) is 13.7. The molecule has 0 saturated heterocycles. The van der Waals surface area contributed by atoms with Crippen molar-refractivity contribution in [3.05, 3.63) is 29.3 Å². The highest BCUT2D eigenvalue weighted by Gasteiger charge is 2.16. The van der Waals surface area contributed by atoms with E-state index in [9.17, 15) is 9.59 Å². The molecule has 0 spiro atoms. The minimum Gasteiger partial charge on any atom is -0.462 e. The Bertz CT molecular complexity index is 458. The highest BCUT2D eigenvalue weighted by atomic mass is 35.5. The molecule has 0 N–H and O–H groups in total. The van der Waals surface area contributed by atoms with Crippen LogP contribution in [0.1, 0.15) is 34.6 Å². The molecule has 1 aromatic carbocycles. The van der Waals surface area contributed by atoms with E-state index in [0.717, 1.165) is 4.90 Å². The van der Waals surface area contributed by atoms with Crippen LogP contribution in [0.15, 0.2) is 23.1 Å². The van der Waals surface area contributed by atoms with Crippen molar-refractivity contribution in [2.75, 3.05) is 12.9 Å². The first kappa shape index (κ1) is 15.1. The molecule has 1 aromatic rings. The van der Waals surface area contributed by atoms with Crippen molar-refractivity contribution in [1.29, 1.82) is 0 Å². The van der Waals surface area contributed by atoms with Gasteiger partial charge in [-0.15, -0.1) is 23.4 Å². The number of thioether (sulfide) groups is 1. The van der Waals surface area contributed by atoms with Gasteiger partial charge in [-0.05, 0) is 38.3 Å². The molecule has 0 aliphatic carbocycles. The van der Waals surface area contributed by atoms with Gasteiger partial charge in [0.05, 0.1) is 17.5 Å². The van der Waals surface area contributed by atoms with Crippen LogP contribution in [-0.4, -0.2) is 30.0 Å². The van der Waals surface area contributed by atoms with E-state index in [-0.39, 0.29) is 5.78 Å². The number of hydrogen-bond acceptors (Lipinski definition) is 4. The summed E-state index contributed by atoms with van der Waals surface area (Å²) < 4.78 is 4.93. The standard InChI is InChI=1S/C13H15ClO3S/c1-4-17-13(16)10-5-9(12(15)8(2)14)6-11(7-10)18-3/h5-8H,4H2,1-3H3. The van der Waals surface area contributed by atoms with E-state index in [1.54, 1.807) is 26.0 Å². The zero-order valence-electron chi connectivity index (χ0n) is 10.5. The summed E-state index contributed by atoms with van der Waals surface area (Å²) in [6, 6.07) is 4.96. The summed E-state index contributed by atoms with van der Waals surface area (Å²) in [7, 11) is 0. The van der Waals surface area contributed by atoms with Crippen molar-refractivity contribution >= 4 is 35.1 Å². The van der Waals surface area contributed by atoms with E-state index in [4.69, 9.17) is 16.3 Å². The summed E-state index contributed by atoms with van der Waals surface area (Å²) in [4.78, 5) is 24.4. The molecule has 0 aliphatic rings. The Hall–Kier alpha value is -1.00. The zero-order valence-corrected chi connectivity index (χ0v) is 12.1. The topological polar surface area (TPSA) is 43.4 Å². The predicted octanol–water partition coefficient (Wildman–Crippen LogP) is 3.40. The monoisotopic (exact) mass is 286 g/mol. The number of benzene rings is 1. The Labute approximate surface area is 116 Å². The first-order chi connectivity index (χ1) is 8.49. The summed E-state index contributed by atoms with van der Waals surface area (Å²) in [6.45, 7) is 3.65. The van der Waals surface area contributed by atoms with Crippen LogP contribution in [0, 0.1) is 0 Å². The van der Waals surface area contributed by atoms with Crippen molar-refractivity contribution in [1.82, 2.24) is 0 Å². The molecule has 0 bridgehead atoms. The quantitative estimate of drug-likeness (QED) is 0.360. The third kappa shape index (κ3) is 3.75. The van der Waals surface area contributed by atoms with Gasteiger partial charge in [-0.2, -0.15) is 0 Å². The fraction of sp³-hybridized carbons (Fsp3) is 0.385. The highest BCUT2D eigenvalue weighted by molar-refractivity contribution is 7.98. The lowest BCUT2D eigenvalue weighted by Crippen LogP contribution is -2.13. The summed E-state index contributed by atoms with van der Waals surface area (Å²) in [5, 5.41) is -0.614. The fourth-order valence-electron chi connectivity index (χ4n) is 1.42. The number of Topliss-reactive ketones (excluding diaryl/α,β-unsaturated/α-hetero) is 1. The van der Waals surface area contributed by atoms with Gasteiger partial charge < -0.3 is 4.74 Å². The molecule has 18 heavy (non-hydrogen) atoms. The number of ether oxygens (including phenoxy) is 1. The van der Waals surface area contributed by atoms with Crippen LogP contribution in [0.5, 0.6) is 0 Å². The highest BCUT2D eigenvalue weighted by Crippen LogP contribution is 2.21. The van der Waals surface area contributed by atoms with Crippen LogP contribution >= 0.6 is 23.4 Å². The molecule has 1 unspecified atom stereocenters. The van der Waals surface area contributed by atoms with Crippen LogP contribution in [0.25, 0.3) is 0 Å². The lowest BCUT2D eigenvalue weighted by molar-refractivity contribution is 0.0526. The predicted molar refractivity (Wildman–Crippen MR) is 73.8 cm³/mol. The fourth-order valence-corrected chi connectivity index (χ4v) is 2.04. The largest absolute Gasteiger partial charge is 0.462 e. The molecular weight excluding hydrogens is 272 g/mol. The minimum absolute atomic E-state index is 0.196. The van der Waals surface area contributed by atoms with Crippen LogP contribution in [-0.2, 0) is 4.74 Å². The molecule has 5 heteroatoms. The molecule has 98 valence electrons. The smallest absolute Gasteiger partial charge is 0.338 e. The van der Waals surface area contributed by atoms with Crippen LogP contribution in [0.4, 0.5) is 0 Å². The van der Waals surface area contributed by atoms with Crippen molar-refractivity contribution in [2.24, 2.45) is 0 Å². The molecule has 0 radical (unpaired) electrons. The summed E-state index contributed by atoms with van der Waals surface area (Å²) in [5.74, 6) is -0.622. The molecule has 1 atom stereocenters. The number of esters is 1. The van der Waals surface area contributed by atoms with E-state index < -0.39 is 11.3 Å². The molecule has 1 rings (SSSR count). The normalized spacial score (nSPS) is 12.0. The molecule has 0 aliphatic heterocycles. The average Bonchev–Trinajstić information content (AvgIpc) is 2.37. The average molecular weight is 287 g/mol. The Morgan fingerprint density at radius 1 is 1.33 bits per heavy atom. The number of alkyl halides is 1. The van der Waals surface area contributed by atoms with Gasteiger partial charge in [0, 0.05) is 10.5 Å². The Morgan fingerprint density at radius 2 is 1.94 bits per heavy atom. The number of halogens is 1. The lowest BCUT2D eigenvalue weighted by Gasteiger charge is -2.08. The van der Waals surface area contributed by atoms with Gasteiger partial charge in [0.1, 0.15) is 0 Å². The van der Waals surface area contributed by atoms with Crippen molar-refractivity contribution in [2.45, 2.75) is 24.1 Å². The van der Waals surface area contributed by atoms with E-state index in [1.165, 1.54) is 17.8 Å². The van der Waals surface area contributed by atoms with Gasteiger partial charge in [0.2, 0.25) is 0 Å². The second-order valence-corrected chi connectivity index (χ2v) is 5.19. The summed E-state index contributed by atoms with van der Waals surface area (Å²) in [6.07, 6.45) is 1.88. The maximum atomic E-state index is 11.9. The van der Waals surface area contributed by atoms with Gasteiger partial charge in [-0.25, -0.2) is 4.79 Å². The summed E-state index contributed by atoms with van der Waals surface area (Å²) >= 11 is 7.24. The maximum absolute atomic E-state index is 11.9. The second-order valence-electron chi connectivity index (χ2n) is 3.65. The first-order valence-corrected chi connectivity index (χ1v) is 7.20. The number of hydrogen-bond donors (Lipinski definition) is 0. The molecular formula is C13H15ClO3S. The Balaban J connectivity index is 3.17. The molecule has 0 aromatic heterocycles. The molecule has 0 amide bonds. The van der Waals surface area contributed by atoms with E-state index in [1.807, 2.05) is 6.26 Å². The van der Waals surface area contributed by atoms with Gasteiger partial charge in [0.15, 0.2) is 5.78 Å². The molecule has 0 saturated carbocycles. The molecule has 0 heterocycles. The SMILES string of the molecule is CCOC(=O)c1cc(SC)cc(C(=O)C(C)Cl)c1. The van der Waals surface area contributed by atoms with Gasteiger partial charge in [0.25, 0.3) is 0 Å². The van der Waals surface area contributed by atoms with Crippen LogP contribution in [0.3, 0.4) is 0 Å². The summed E-state index contributed by atoms with van der Waals surface area (Å²) in [5.41, 5.74) is 0.816. The van der Waals surface area contributed by atoms with E-state index in [2.05, 4.69) is 0 Å². The number of ketones is 1. The van der Waals surface area contributed by atoms with Crippen molar-refractivity contribution in [3.8, 4) is 0 Å². The third-order valence-corrected chi connectivity index (χ3v) is 3.20. The molecule has 0 fully saturated rings. The number of carbonyl (C=O) groups excluding carboxylic acids is 2. The lowest BCUT2D eigenvalue weighted by atomic mass is 10.1. The molecule has 3 nitrogen and oxygen atoms in total. The van der Waals surface area contributed by atoms with Crippen molar-refractivity contribution < 1.29 is 14.3 Å². The van der Waals surface area contributed by atoms with E-state index >= 15 is 0 Å². The van der Waals surface area contributed by atoms with Gasteiger partial charge >= 0.3 is 5.97 Å².